The fraction of sp³-hybridized carbons (Fsp3) is 0.400. The van der Waals surface area contributed by atoms with Crippen LogP contribution in [0.3, 0.4) is 0 Å². The van der Waals surface area contributed by atoms with Crippen LogP contribution in [0.2, 0.25) is 0 Å². The first kappa shape index (κ1) is 39.2. The average molecular weight is 793 g/mol. The summed E-state index contributed by atoms with van der Waals surface area (Å²) in [6.07, 6.45) is 10.4. The molecule has 6 aromatic rings. The molecule has 59 heavy (non-hydrogen) atoms. The average Bonchev–Trinajstić information content (AvgIpc) is 4.01. The molecule has 2 heterocycles. The summed E-state index contributed by atoms with van der Waals surface area (Å²) < 4.78 is 13.8. The van der Waals surface area contributed by atoms with Crippen LogP contribution in [0.1, 0.15) is 115 Å². The van der Waals surface area contributed by atoms with Crippen LogP contribution in [0, 0.1) is 5.82 Å². The van der Waals surface area contributed by atoms with Crippen LogP contribution in [-0.2, 0) is 13.0 Å². The number of aryl methyl sites for hydroxylation is 1. The van der Waals surface area contributed by atoms with Crippen molar-refractivity contribution in [3.05, 3.63) is 131 Å². The van der Waals surface area contributed by atoms with E-state index in [-0.39, 0.29) is 35.8 Å². The molecular formula is C50H57FN6O2. The molecule has 0 aliphatic heterocycles. The highest BCUT2D eigenvalue weighted by atomic mass is 19.1. The van der Waals surface area contributed by atoms with Crippen molar-refractivity contribution in [1.29, 1.82) is 0 Å². The minimum atomic E-state index is -0.220. The lowest BCUT2D eigenvalue weighted by molar-refractivity contribution is 0.0613. The van der Waals surface area contributed by atoms with Gasteiger partial charge in [0.25, 0.3) is 11.8 Å². The zero-order chi connectivity index (χ0) is 40.5. The lowest BCUT2D eigenvalue weighted by atomic mass is 9.89. The highest BCUT2D eigenvalue weighted by Gasteiger charge is 2.33. The molecule has 3 aliphatic carbocycles. The highest BCUT2D eigenvalue weighted by molar-refractivity contribution is 6.04. The van der Waals surface area contributed by atoms with Gasteiger partial charge in [0.05, 0.1) is 0 Å². The number of fused-ring (bicyclic) bond motifs is 3. The number of aromatic amines is 2. The van der Waals surface area contributed by atoms with Gasteiger partial charge in [-0.25, -0.2) is 4.39 Å². The van der Waals surface area contributed by atoms with Gasteiger partial charge in [0, 0.05) is 71.6 Å². The Balaban J connectivity index is 0.885. The smallest absolute Gasteiger partial charge is 0.270 e. The number of carbonyl (C=O) groups excluding carboxylic acids is 2. The fourth-order valence-electron chi connectivity index (χ4n) is 10.5. The van der Waals surface area contributed by atoms with Crippen molar-refractivity contribution in [2.75, 3.05) is 13.1 Å². The molecule has 4 aromatic carbocycles. The summed E-state index contributed by atoms with van der Waals surface area (Å²) in [6.45, 7) is 6.05. The van der Waals surface area contributed by atoms with Gasteiger partial charge < -0.3 is 30.4 Å². The van der Waals surface area contributed by atoms with Crippen LogP contribution < -0.4 is 10.6 Å². The zero-order valence-electron chi connectivity index (χ0n) is 34.4. The van der Waals surface area contributed by atoms with E-state index < -0.39 is 0 Å². The minimum absolute atomic E-state index is 0.0119. The number of amides is 2. The maximum atomic E-state index is 14.2. The van der Waals surface area contributed by atoms with E-state index >= 15 is 0 Å². The quantitative estimate of drug-likeness (QED) is 0.0993. The summed E-state index contributed by atoms with van der Waals surface area (Å²) in [6, 6.07) is 33.4. The monoisotopic (exact) mass is 792 g/mol. The Labute approximate surface area is 347 Å². The Morgan fingerprint density at radius 1 is 0.712 bits per heavy atom. The molecule has 2 fully saturated rings. The van der Waals surface area contributed by atoms with E-state index in [1.54, 1.807) is 12.1 Å². The first-order valence-electron chi connectivity index (χ1n) is 22.0. The Morgan fingerprint density at radius 3 is 2.20 bits per heavy atom. The number of nitrogens with one attached hydrogen (secondary N) is 4. The van der Waals surface area contributed by atoms with Gasteiger partial charge in [0.2, 0.25) is 0 Å². The summed E-state index contributed by atoms with van der Waals surface area (Å²) in [5.74, 6) is -0.148. The van der Waals surface area contributed by atoms with E-state index in [0.29, 0.717) is 43.1 Å². The first-order valence-corrected chi connectivity index (χ1v) is 22.0. The number of carbonyl (C=O) groups is 2. The van der Waals surface area contributed by atoms with Gasteiger partial charge in [-0.2, -0.15) is 0 Å². The van der Waals surface area contributed by atoms with E-state index in [0.717, 1.165) is 103 Å². The molecule has 0 bridgehead atoms. The van der Waals surface area contributed by atoms with E-state index in [4.69, 9.17) is 0 Å². The van der Waals surface area contributed by atoms with Crippen molar-refractivity contribution >= 4 is 33.6 Å². The van der Waals surface area contributed by atoms with Gasteiger partial charge >= 0.3 is 0 Å². The van der Waals surface area contributed by atoms with Crippen LogP contribution in [0.4, 0.5) is 4.39 Å². The van der Waals surface area contributed by atoms with Gasteiger partial charge in [-0.05, 0) is 142 Å². The van der Waals surface area contributed by atoms with Crippen molar-refractivity contribution in [1.82, 2.24) is 30.4 Å². The zero-order valence-corrected chi connectivity index (χ0v) is 34.4. The summed E-state index contributed by atoms with van der Waals surface area (Å²) in [7, 11) is 0. The molecule has 0 saturated heterocycles. The third-order valence-electron chi connectivity index (χ3n) is 13.5. The summed E-state index contributed by atoms with van der Waals surface area (Å²) in [5.41, 5.74) is 8.94. The Bertz CT molecular complexity index is 2450. The summed E-state index contributed by atoms with van der Waals surface area (Å²) >= 11 is 0. The van der Waals surface area contributed by atoms with E-state index in [1.165, 1.54) is 17.2 Å². The summed E-state index contributed by atoms with van der Waals surface area (Å²) in [5, 5.41) is 9.59. The lowest BCUT2D eigenvalue weighted by Crippen LogP contribution is -2.47. The molecule has 9 heteroatoms. The van der Waals surface area contributed by atoms with Gasteiger partial charge in [-0.3, -0.25) is 9.59 Å². The second kappa shape index (κ2) is 17.2. The van der Waals surface area contributed by atoms with Crippen molar-refractivity contribution in [3.8, 4) is 11.1 Å². The van der Waals surface area contributed by atoms with Crippen molar-refractivity contribution < 1.29 is 14.0 Å². The predicted octanol–water partition coefficient (Wildman–Crippen LogP) is 10.1. The number of hydrogen-bond acceptors (Lipinski definition) is 4. The molecule has 8 nitrogen and oxygen atoms in total. The number of hydrogen-bond donors (Lipinski definition) is 4. The molecule has 3 aliphatic rings. The number of H-pyrrole nitrogens is 2. The van der Waals surface area contributed by atoms with Gasteiger partial charge in [-0.1, -0.05) is 60.7 Å². The Morgan fingerprint density at radius 2 is 1.42 bits per heavy atom. The summed E-state index contributed by atoms with van der Waals surface area (Å²) in [4.78, 5) is 39.4. The Kier molecular flexibility index (Phi) is 11.4. The molecule has 2 amide bonds. The first-order chi connectivity index (χ1) is 28.8. The maximum absolute atomic E-state index is 14.2. The second-order valence-corrected chi connectivity index (χ2v) is 17.1. The molecule has 306 valence electrons. The molecule has 2 saturated carbocycles. The molecular weight excluding hydrogens is 736 g/mol. The largest absolute Gasteiger partial charge is 0.351 e. The molecule has 0 spiro atoms. The number of benzene rings is 4. The SMILES string of the molecule is CCN(C(=O)c1cc2ccc(-c3cccc4[nH]c(C(=O)N(CC)[C@H]5CCC[C@@H](NCc6cccc(F)c6)C5)cc34)cc2[nH]1)[C@H]1CCC[C@@H](N[C@@H]2CCc3ccccc32)C1. The van der Waals surface area contributed by atoms with Crippen molar-refractivity contribution in [3.63, 3.8) is 0 Å². The Hall–Kier alpha value is -5.25. The fourth-order valence-corrected chi connectivity index (χ4v) is 10.5. The maximum Gasteiger partial charge on any atom is 0.270 e. The van der Waals surface area contributed by atoms with Crippen molar-refractivity contribution in [2.24, 2.45) is 0 Å². The lowest BCUT2D eigenvalue weighted by Gasteiger charge is -2.38. The van der Waals surface area contributed by atoms with Gasteiger partial charge in [0.15, 0.2) is 0 Å². The topological polar surface area (TPSA) is 96.3 Å². The number of aromatic nitrogens is 2. The van der Waals surface area contributed by atoms with E-state index in [1.807, 2.05) is 35.2 Å². The van der Waals surface area contributed by atoms with Crippen LogP contribution in [0.15, 0.2) is 97.1 Å². The van der Waals surface area contributed by atoms with E-state index in [9.17, 15) is 14.0 Å². The highest BCUT2D eigenvalue weighted by Crippen LogP contribution is 2.35. The molecule has 5 atom stereocenters. The number of nitrogens with zero attached hydrogens (tertiary/aromatic N) is 2. The van der Waals surface area contributed by atoms with Crippen molar-refractivity contribution in [2.45, 2.75) is 115 Å². The van der Waals surface area contributed by atoms with Crippen LogP contribution >= 0.6 is 0 Å². The van der Waals surface area contributed by atoms with Crippen LogP contribution in [0.25, 0.3) is 32.9 Å². The molecule has 0 unspecified atom stereocenters. The van der Waals surface area contributed by atoms with Gasteiger partial charge in [-0.15, -0.1) is 0 Å². The third-order valence-corrected chi connectivity index (χ3v) is 13.5. The van der Waals surface area contributed by atoms with E-state index in [2.05, 4.69) is 87.9 Å². The molecule has 9 rings (SSSR count). The standard InChI is InChI=1S/C50H57FN6O2/c1-3-56(39-16-8-14-37(28-39)52-31-32-11-7-13-36(51)25-32)50(59)48-30-43-41(19-10-20-44(43)54-48)34-21-22-35-27-47(55-46(35)26-34)49(58)57(4-2)40-17-9-15-38(29-40)53-45-24-23-33-12-5-6-18-42(33)45/h5-7,10-13,18-22,25-27,30,37-40,45,52-55H,3-4,8-9,14-17,23-24,28-29,31H2,1-2H3/t37-,38-,39+,40+,45-/m1/s1. The molecule has 2 aromatic heterocycles. The molecule has 0 radical (unpaired) electrons. The predicted molar refractivity (Wildman–Crippen MR) is 235 cm³/mol. The number of halogens is 1. The normalized spacial score (nSPS) is 21.8. The second-order valence-electron chi connectivity index (χ2n) is 17.1. The molecule has 4 N–H and O–H groups in total. The van der Waals surface area contributed by atoms with Crippen LogP contribution in [-0.4, -0.2) is 68.8 Å². The third kappa shape index (κ3) is 8.20. The van der Waals surface area contributed by atoms with Crippen LogP contribution in [0.5, 0.6) is 0 Å². The number of rotatable bonds is 12. The van der Waals surface area contributed by atoms with Gasteiger partial charge in [0.1, 0.15) is 17.2 Å². The minimum Gasteiger partial charge on any atom is -0.351 e.